The summed E-state index contributed by atoms with van der Waals surface area (Å²) in [5.74, 6) is -2.00. The molecule has 1 aromatic rings. The molecule has 1 aromatic carbocycles. The standard InChI is InChI=1S/C13H16F2N2/c1-4-7-17(9(2)3)11-6-5-10(8-16)12(14)13(11)15/h5-6,9H,4,7H2,1-3H3. The molecular formula is C13H16F2N2. The van der Waals surface area contributed by atoms with E-state index in [0.717, 1.165) is 6.42 Å². The summed E-state index contributed by atoms with van der Waals surface area (Å²) in [7, 11) is 0. The zero-order chi connectivity index (χ0) is 13.0. The third-order valence-electron chi connectivity index (χ3n) is 2.58. The maximum Gasteiger partial charge on any atom is 0.183 e. The predicted molar refractivity (Wildman–Crippen MR) is 63.8 cm³/mol. The maximum absolute atomic E-state index is 13.8. The summed E-state index contributed by atoms with van der Waals surface area (Å²) >= 11 is 0. The van der Waals surface area contributed by atoms with E-state index in [-0.39, 0.29) is 17.3 Å². The fourth-order valence-electron chi connectivity index (χ4n) is 1.75. The molecule has 4 heteroatoms. The maximum atomic E-state index is 13.8. The van der Waals surface area contributed by atoms with Crippen molar-refractivity contribution in [2.75, 3.05) is 11.4 Å². The van der Waals surface area contributed by atoms with Gasteiger partial charge < -0.3 is 4.90 Å². The first-order valence-corrected chi connectivity index (χ1v) is 5.67. The smallest absolute Gasteiger partial charge is 0.183 e. The highest BCUT2D eigenvalue weighted by Crippen LogP contribution is 2.25. The molecule has 0 aliphatic carbocycles. The number of anilines is 1. The van der Waals surface area contributed by atoms with Crippen molar-refractivity contribution in [3.63, 3.8) is 0 Å². The molecule has 0 unspecified atom stereocenters. The van der Waals surface area contributed by atoms with Crippen molar-refractivity contribution in [1.29, 1.82) is 5.26 Å². The second kappa shape index (κ2) is 5.62. The fraction of sp³-hybridized carbons (Fsp3) is 0.462. The summed E-state index contributed by atoms with van der Waals surface area (Å²) in [6.45, 7) is 6.48. The Labute approximate surface area is 100 Å². The molecule has 0 amide bonds. The number of benzene rings is 1. The molecule has 0 aliphatic rings. The van der Waals surface area contributed by atoms with Crippen LogP contribution in [-0.2, 0) is 0 Å². The minimum absolute atomic E-state index is 0.0804. The van der Waals surface area contributed by atoms with Crippen molar-refractivity contribution in [1.82, 2.24) is 0 Å². The van der Waals surface area contributed by atoms with Gasteiger partial charge in [-0.05, 0) is 32.4 Å². The molecule has 1 rings (SSSR count). The Bertz CT molecular complexity index is 436. The molecule has 17 heavy (non-hydrogen) atoms. The largest absolute Gasteiger partial charge is 0.367 e. The van der Waals surface area contributed by atoms with Crippen molar-refractivity contribution in [3.8, 4) is 6.07 Å². The lowest BCUT2D eigenvalue weighted by atomic mass is 10.1. The van der Waals surface area contributed by atoms with Gasteiger partial charge in [0.25, 0.3) is 0 Å². The normalized spacial score (nSPS) is 10.4. The van der Waals surface area contributed by atoms with E-state index in [9.17, 15) is 8.78 Å². The van der Waals surface area contributed by atoms with Gasteiger partial charge in [0.2, 0.25) is 0 Å². The Morgan fingerprint density at radius 1 is 1.29 bits per heavy atom. The Kier molecular flexibility index (Phi) is 4.45. The summed E-state index contributed by atoms with van der Waals surface area (Å²) in [4.78, 5) is 1.79. The van der Waals surface area contributed by atoms with Crippen molar-refractivity contribution in [2.45, 2.75) is 33.2 Å². The van der Waals surface area contributed by atoms with Crippen LogP contribution in [0.4, 0.5) is 14.5 Å². The quantitative estimate of drug-likeness (QED) is 0.803. The van der Waals surface area contributed by atoms with E-state index >= 15 is 0 Å². The Balaban J connectivity index is 3.22. The van der Waals surface area contributed by atoms with Gasteiger partial charge in [-0.15, -0.1) is 0 Å². The zero-order valence-corrected chi connectivity index (χ0v) is 10.3. The molecule has 0 N–H and O–H groups in total. The molecule has 0 saturated carbocycles. The Morgan fingerprint density at radius 3 is 2.41 bits per heavy atom. The van der Waals surface area contributed by atoms with Gasteiger partial charge in [0, 0.05) is 12.6 Å². The summed E-state index contributed by atoms with van der Waals surface area (Å²) in [5, 5.41) is 8.61. The van der Waals surface area contributed by atoms with Gasteiger partial charge in [0.1, 0.15) is 6.07 Å². The highest BCUT2D eigenvalue weighted by atomic mass is 19.2. The van der Waals surface area contributed by atoms with Gasteiger partial charge >= 0.3 is 0 Å². The van der Waals surface area contributed by atoms with Gasteiger partial charge in [-0.2, -0.15) is 5.26 Å². The van der Waals surface area contributed by atoms with Crippen LogP contribution >= 0.6 is 0 Å². The molecule has 0 fully saturated rings. The van der Waals surface area contributed by atoms with Crippen LogP contribution < -0.4 is 4.90 Å². The highest BCUT2D eigenvalue weighted by molar-refractivity contribution is 5.52. The first kappa shape index (κ1) is 13.4. The SMILES string of the molecule is CCCN(c1ccc(C#N)c(F)c1F)C(C)C. The van der Waals surface area contributed by atoms with Gasteiger partial charge in [-0.3, -0.25) is 0 Å². The lowest BCUT2D eigenvalue weighted by Gasteiger charge is -2.29. The second-order valence-electron chi connectivity index (χ2n) is 4.16. The number of nitriles is 1. The predicted octanol–water partition coefficient (Wildman–Crippen LogP) is 3.46. The van der Waals surface area contributed by atoms with E-state index < -0.39 is 11.6 Å². The summed E-state index contributed by atoms with van der Waals surface area (Å²) in [6.07, 6.45) is 0.846. The van der Waals surface area contributed by atoms with Gasteiger partial charge in [-0.1, -0.05) is 6.92 Å². The van der Waals surface area contributed by atoms with E-state index in [1.165, 1.54) is 12.1 Å². The van der Waals surface area contributed by atoms with Crippen LogP contribution in [0.25, 0.3) is 0 Å². The molecule has 0 spiro atoms. The molecular weight excluding hydrogens is 222 g/mol. The van der Waals surface area contributed by atoms with Crippen LogP contribution in [0.1, 0.15) is 32.8 Å². The van der Waals surface area contributed by atoms with Crippen LogP contribution in [-0.4, -0.2) is 12.6 Å². The van der Waals surface area contributed by atoms with Crippen LogP contribution in [0.5, 0.6) is 0 Å². The lowest BCUT2D eigenvalue weighted by molar-refractivity contribution is 0.499. The second-order valence-corrected chi connectivity index (χ2v) is 4.16. The molecule has 0 atom stereocenters. The van der Waals surface area contributed by atoms with Crippen molar-refractivity contribution < 1.29 is 8.78 Å². The van der Waals surface area contributed by atoms with E-state index in [1.807, 2.05) is 20.8 Å². The summed E-state index contributed by atoms with van der Waals surface area (Å²) in [6, 6.07) is 4.49. The van der Waals surface area contributed by atoms with Gasteiger partial charge in [0.15, 0.2) is 11.6 Å². The molecule has 0 aliphatic heterocycles. The average molecular weight is 238 g/mol. The van der Waals surface area contributed by atoms with Gasteiger partial charge in [0.05, 0.1) is 11.3 Å². The number of rotatable bonds is 4. The molecule has 0 radical (unpaired) electrons. The number of halogens is 2. The number of nitrogens with zero attached hydrogens (tertiary/aromatic N) is 2. The molecule has 0 heterocycles. The highest BCUT2D eigenvalue weighted by Gasteiger charge is 2.19. The average Bonchev–Trinajstić information content (AvgIpc) is 2.30. The van der Waals surface area contributed by atoms with Crippen LogP contribution in [0.2, 0.25) is 0 Å². The third kappa shape index (κ3) is 2.73. The van der Waals surface area contributed by atoms with Crippen LogP contribution in [0.15, 0.2) is 12.1 Å². The fourth-order valence-corrected chi connectivity index (χ4v) is 1.75. The van der Waals surface area contributed by atoms with E-state index in [4.69, 9.17) is 5.26 Å². The Morgan fingerprint density at radius 2 is 1.94 bits per heavy atom. The van der Waals surface area contributed by atoms with Crippen molar-refractivity contribution in [2.24, 2.45) is 0 Å². The summed E-state index contributed by atoms with van der Waals surface area (Å²) < 4.78 is 27.3. The Hall–Kier alpha value is -1.63. The molecule has 0 aromatic heterocycles. The third-order valence-corrected chi connectivity index (χ3v) is 2.58. The monoisotopic (exact) mass is 238 g/mol. The molecule has 2 nitrogen and oxygen atoms in total. The minimum Gasteiger partial charge on any atom is -0.367 e. The summed E-state index contributed by atoms with van der Waals surface area (Å²) in [5.41, 5.74) is -0.0372. The van der Waals surface area contributed by atoms with Crippen molar-refractivity contribution in [3.05, 3.63) is 29.3 Å². The van der Waals surface area contributed by atoms with Crippen LogP contribution in [0.3, 0.4) is 0 Å². The number of hydrogen-bond donors (Lipinski definition) is 0. The zero-order valence-electron chi connectivity index (χ0n) is 10.3. The van der Waals surface area contributed by atoms with Gasteiger partial charge in [-0.25, -0.2) is 8.78 Å². The van der Waals surface area contributed by atoms with Crippen molar-refractivity contribution >= 4 is 5.69 Å². The van der Waals surface area contributed by atoms with Crippen LogP contribution in [0, 0.1) is 23.0 Å². The molecule has 0 saturated heterocycles. The first-order valence-electron chi connectivity index (χ1n) is 5.67. The van der Waals surface area contributed by atoms with E-state index in [2.05, 4.69) is 0 Å². The lowest BCUT2D eigenvalue weighted by Crippen LogP contribution is -2.32. The topological polar surface area (TPSA) is 27.0 Å². The van der Waals surface area contributed by atoms with E-state index in [0.29, 0.717) is 6.54 Å². The molecule has 92 valence electrons. The number of hydrogen-bond acceptors (Lipinski definition) is 2. The minimum atomic E-state index is -1.06. The van der Waals surface area contributed by atoms with E-state index in [1.54, 1.807) is 11.0 Å². The molecule has 0 bridgehead atoms. The first-order chi connectivity index (χ1) is 8.02.